The highest BCUT2D eigenvalue weighted by atomic mass is 15.0. The lowest BCUT2D eigenvalue weighted by Gasteiger charge is -2.27. The van der Waals surface area contributed by atoms with Gasteiger partial charge in [-0.25, -0.2) is 15.0 Å². The van der Waals surface area contributed by atoms with E-state index in [1.165, 1.54) is 0 Å². The van der Waals surface area contributed by atoms with Crippen molar-refractivity contribution in [1.29, 1.82) is 5.41 Å². The van der Waals surface area contributed by atoms with Crippen molar-refractivity contribution < 1.29 is 0 Å². The molecule has 8 aromatic carbocycles. The lowest BCUT2D eigenvalue weighted by molar-refractivity contribution is 1.07. The van der Waals surface area contributed by atoms with E-state index in [-0.39, 0.29) is 0 Å². The molecule has 1 aliphatic heterocycles. The number of nitrogens with one attached hydrogen (secondary N) is 2. The Bertz CT molecular complexity index is 3070. The Kier molecular flexibility index (Phi) is 10.0. The molecule has 288 valence electrons. The normalized spacial score (nSPS) is 12.8. The monoisotopic (exact) mass is 781 g/mol. The number of aromatic nitrogens is 3. The Morgan fingerprint density at radius 1 is 0.361 bits per heavy atom. The van der Waals surface area contributed by atoms with Crippen LogP contribution in [0.2, 0.25) is 0 Å². The molecule has 0 radical (unpaired) electrons. The van der Waals surface area contributed by atoms with E-state index in [1.54, 1.807) is 0 Å². The summed E-state index contributed by atoms with van der Waals surface area (Å²) in [6.45, 7) is 0. The SMILES string of the molecule is N=C(/C(=C1\NC(c2ccccc2)=Cc2ccc(-c3ccc(-c4nc(-c5ccccc5)nc(-c5cccc(-c6ccccc6)c5)n4)cc3)cc21)c1ccccc1)c1ccccc1. The van der Waals surface area contributed by atoms with E-state index in [9.17, 15) is 5.41 Å². The molecule has 2 heterocycles. The summed E-state index contributed by atoms with van der Waals surface area (Å²) in [4.78, 5) is 15.1. The smallest absolute Gasteiger partial charge is 0.164 e. The van der Waals surface area contributed by atoms with Crippen molar-refractivity contribution >= 4 is 28.8 Å². The Morgan fingerprint density at radius 3 is 1.41 bits per heavy atom. The molecule has 0 atom stereocenters. The zero-order valence-corrected chi connectivity index (χ0v) is 33.2. The summed E-state index contributed by atoms with van der Waals surface area (Å²) in [7, 11) is 0. The van der Waals surface area contributed by atoms with Gasteiger partial charge >= 0.3 is 0 Å². The predicted octanol–water partition coefficient (Wildman–Crippen LogP) is 13.2. The molecule has 0 saturated carbocycles. The average molecular weight is 782 g/mol. The molecule has 5 heteroatoms. The van der Waals surface area contributed by atoms with E-state index in [4.69, 9.17) is 15.0 Å². The summed E-state index contributed by atoms with van der Waals surface area (Å²) in [5.74, 6) is 1.84. The first-order valence-electron chi connectivity index (χ1n) is 20.4. The summed E-state index contributed by atoms with van der Waals surface area (Å²) >= 11 is 0. The molecule has 1 aromatic heterocycles. The van der Waals surface area contributed by atoms with Crippen molar-refractivity contribution in [1.82, 2.24) is 20.3 Å². The van der Waals surface area contributed by atoms with Gasteiger partial charge in [0.05, 0.1) is 11.4 Å². The van der Waals surface area contributed by atoms with Gasteiger partial charge in [0.25, 0.3) is 0 Å². The number of hydrogen-bond donors (Lipinski definition) is 2. The predicted molar refractivity (Wildman–Crippen MR) is 251 cm³/mol. The van der Waals surface area contributed by atoms with Gasteiger partial charge < -0.3 is 5.32 Å². The van der Waals surface area contributed by atoms with Crippen molar-refractivity contribution in [2.45, 2.75) is 0 Å². The molecule has 0 spiro atoms. The van der Waals surface area contributed by atoms with Crippen LogP contribution in [0.4, 0.5) is 0 Å². The Labute approximate surface area is 355 Å². The number of hydrogen-bond acceptors (Lipinski definition) is 5. The third-order valence-electron chi connectivity index (χ3n) is 11.0. The lowest BCUT2D eigenvalue weighted by atomic mass is 9.86. The minimum absolute atomic E-state index is 0.447. The van der Waals surface area contributed by atoms with Gasteiger partial charge in [0, 0.05) is 39.1 Å². The fourth-order valence-electron chi connectivity index (χ4n) is 7.84. The van der Waals surface area contributed by atoms with E-state index in [0.29, 0.717) is 23.2 Å². The van der Waals surface area contributed by atoms with Crippen LogP contribution in [0, 0.1) is 5.41 Å². The fourth-order valence-corrected chi connectivity index (χ4v) is 7.84. The van der Waals surface area contributed by atoms with Crippen molar-refractivity contribution in [2.24, 2.45) is 0 Å². The van der Waals surface area contributed by atoms with Crippen LogP contribution in [-0.2, 0) is 0 Å². The maximum atomic E-state index is 9.65. The summed E-state index contributed by atoms with van der Waals surface area (Å²) in [5, 5.41) is 13.5. The molecule has 10 rings (SSSR count). The minimum atomic E-state index is 0.447. The molecular weight excluding hydrogens is 743 g/mol. The van der Waals surface area contributed by atoms with E-state index >= 15 is 0 Å². The van der Waals surface area contributed by atoms with Gasteiger partial charge in [-0.2, -0.15) is 0 Å². The van der Waals surface area contributed by atoms with Gasteiger partial charge in [0.2, 0.25) is 0 Å². The van der Waals surface area contributed by atoms with Crippen molar-refractivity contribution in [3.05, 3.63) is 246 Å². The molecule has 1 aliphatic rings. The zero-order chi connectivity index (χ0) is 41.0. The highest BCUT2D eigenvalue weighted by Gasteiger charge is 2.24. The van der Waals surface area contributed by atoms with Gasteiger partial charge in [-0.15, -0.1) is 0 Å². The zero-order valence-electron chi connectivity index (χ0n) is 33.2. The molecule has 0 amide bonds. The van der Waals surface area contributed by atoms with E-state index in [0.717, 1.165) is 83.7 Å². The van der Waals surface area contributed by atoms with Crippen LogP contribution in [0.25, 0.3) is 79.5 Å². The Hall–Kier alpha value is -8.28. The van der Waals surface area contributed by atoms with Crippen molar-refractivity contribution in [3.63, 3.8) is 0 Å². The molecule has 2 N–H and O–H groups in total. The van der Waals surface area contributed by atoms with Gasteiger partial charge in [0.15, 0.2) is 17.5 Å². The van der Waals surface area contributed by atoms with Crippen molar-refractivity contribution in [3.8, 4) is 56.4 Å². The average Bonchev–Trinajstić information content (AvgIpc) is 3.35. The van der Waals surface area contributed by atoms with E-state index in [1.807, 2.05) is 91.0 Å². The lowest BCUT2D eigenvalue weighted by Crippen LogP contribution is -2.20. The molecule has 0 bridgehead atoms. The van der Waals surface area contributed by atoms with Crippen LogP contribution >= 0.6 is 0 Å². The van der Waals surface area contributed by atoms with Crippen molar-refractivity contribution in [2.75, 3.05) is 0 Å². The highest BCUT2D eigenvalue weighted by Crippen LogP contribution is 2.39. The van der Waals surface area contributed by atoms with Gasteiger partial charge in [0.1, 0.15) is 0 Å². The van der Waals surface area contributed by atoms with Crippen LogP contribution in [0.3, 0.4) is 0 Å². The Morgan fingerprint density at radius 2 is 0.787 bits per heavy atom. The first kappa shape index (κ1) is 37.0. The number of fused-ring (bicyclic) bond motifs is 1. The molecule has 0 saturated heterocycles. The van der Waals surface area contributed by atoms with Gasteiger partial charge in [-0.05, 0) is 57.2 Å². The van der Waals surface area contributed by atoms with E-state index < -0.39 is 0 Å². The molecule has 0 aliphatic carbocycles. The second kappa shape index (κ2) is 16.5. The molecule has 0 fully saturated rings. The molecule has 5 nitrogen and oxygen atoms in total. The first-order chi connectivity index (χ1) is 30.1. The molecule has 0 unspecified atom stereocenters. The quantitative estimate of drug-likeness (QED) is 0.143. The Balaban J connectivity index is 1.07. The third kappa shape index (κ3) is 7.72. The fraction of sp³-hybridized carbons (Fsp3) is 0. The van der Waals surface area contributed by atoms with Crippen LogP contribution in [0.1, 0.15) is 27.8 Å². The number of nitrogens with zero attached hydrogens (tertiary/aromatic N) is 3. The standard InChI is InChI=1S/C56H39N5/c57-52(42-23-12-4-13-24-42)51(41-21-10-3-11-22-41)53-49-36-46(33-34-47(49)37-50(58-53)40-19-8-2-9-20-40)39-29-31-44(32-30-39)55-59-54(43-25-14-5-15-26-43)60-56(61-55)48-28-16-27-45(35-48)38-17-6-1-7-18-38/h1-37,57-58H/b53-51-,57-52?. The topological polar surface area (TPSA) is 74.6 Å². The highest BCUT2D eigenvalue weighted by molar-refractivity contribution is 6.36. The summed E-state index contributed by atoms with van der Waals surface area (Å²) in [6, 6.07) is 74.4. The third-order valence-corrected chi connectivity index (χ3v) is 11.0. The summed E-state index contributed by atoms with van der Waals surface area (Å²) in [5.41, 5.74) is 15.2. The maximum Gasteiger partial charge on any atom is 0.164 e. The van der Waals surface area contributed by atoms with E-state index in [2.05, 4.69) is 139 Å². The molecule has 9 aromatic rings. The van der Waals surface area contributed by atoms with Crippen LogP contribution in [0.15, 0.2) is 218 Å². The first-order valence-corrected chi connectivity index (χ1v) is 20.4. The second-order valence-electron chi connectivity index (χ2n) is 14.9. The maximum absolute atomic E-state index is 9.65. The summed E-state index contributed by atoms with van der Waals surface area (Å²) < 4.78 is 0. The minimum Gasteiger partial charge on any atom is -0.354 e. The molecular formula is C56H39N5. The van der Waals surface area contributed by atoms with Crippen LogP contribution < -0.4 is 5.32 Å². The van der Waals surface area contributed by atoms with Gasteiger partial charge in [-0.3, -0.25) is 5.41 Å². The second-order valence-corrected chi connectivity index (χ2v) is 14.9. The largest absolute Gasteiger partial charge is 0.354 e. The summed E-state index contributed by atoms with van der Waals surface area (Å²) in [6.07, 6.45) is 2.20. The number of benzene rings is 8. The molecule has 61 heavy (non-hydrogen) atoms. The number of rotatable bonds is 9. The number of allylic oxidation sites excluding steroid dienone is 1. The van der Waals surface area contributed by atoms with Crippen LogP contribution in [-0.4, -0.2) is 20.7 Å². The van der Waals surface area contributed by atoms with Crippen LogP contribution in [0.5, 0.6) is 0 Å². The van der Waals surface area contributed by atoms with Gasteiger partial charge in [-0.1, -0.05) is 206 Å².